The number of benzene rings is 2. The Morgan fingerprint density at radius 3 is 2.50 bits per heavy atom. The van der Waals surface area contributed by atoms with Gasteiger partial charge in [-0.15, -0.1) is 0 Å². The fourth-order valence-electron chi connectivity index (χ4n) is 3.83. The van der Waals surface area contributed by atoms with E-state index >= 15 is 0 Å². The lowest BCUT2D eigenvalue weighted by Gasteiger charge is -2.21. The third-order valence-corrected chi connectivity index (χ3v) is 7.16. The highest BCUT2D eigenvalue weighted by atomic mass is 32.2. The molecule has 1 heterocycles. The van der Waals surface area contributed by atoms with Crippen molar-refractivity contribution in [3.05, 3.63) is 59.7 Å². The minimum Gasteiger partial charge on any atom is -0.348 e. The normalized spacial score (nSPS) is 17.0. The van der Waals surface area contributed by atoms with Gasteiger partial charge in [0.15, 0.2) is 0 Å². The van der Waals surface area contributed by atoms with Gasteiger partial charge in [0.25, 0.3) is 0 Å². The molecule has 0 saturated carbocycles. The SMILES string of the molecule is CC(=O)N1c2ccc(S(=O)(=O)N(C)CC(=O)NC(C)c3ccccc3)cc2CC1C. The molecule has 1 N–H and O–H groups in total. The number of rotatable bonds is 6. The highest BCUT2D eigenvalue weighted by Gasteiger charge is 2.31. The molecule has 0 saturated heterocycles. The van der Waals surface area contributed by atoms with Gasteiger partial charge in [-0.2, -0.15) is 4.31 Å². The first-order chi connectivity index (χ1) is 14.1. The second-order valence-electron chi connectivity index (χ2n) is 7.69. The van der Waals surface area contributed by atoms with Crippen LogP contribution in [0, 0.1) is 0 Å². The number of sulfonamides is 1. The van der Waals surface area contributed by atoms with E-state index in [9.17, 15) is 18.0 Å². The van der Waals surface area contributed by atoms with Crippen molar-refractivity contribution in [2.75, 3.05) is 18.5 Å². The molecule has 0 aromatic heterocycles. The molecular weight excluding hydrogens is 402 g/mol. The van der Waals surface area contributed by atoms with E-state index in [1.807, 2.05) is 44.2 Å². The van der Waals surface area contributed by atoms with Gasteiger partial charge in [0.2, 0.25) is 21.8 Å². The molecule has 0 fully saturated rings. The zero-order valence-corrected chi connectivity index (χ0v) is 18.4. The Kier molecular flexibility index (Phi) is 6.28. The van der Waals surface area contributed by atoms with Crippen molar-refractivity contribution in [2.24, 2.45) is 0 Å². The van der Waals surface area contributed by atoms with Crippen LogP contribution in [-0.2, 0) is 26.0 Å². The summed E-state index contributed by atoms with van der Waals surface area (Å²) in [7, 11) is -2.45. The van der Waals surface area contributed by atoms with E-state index in [-0.39, 0.29) is 35.3 Å². The first kappa shape index (κ1) is 22.0. The van der Waals surface area contributed by atoms with Crippen LogP contribution < -0.4 is 10.2 Å². The molecule has 0 spiro atoms. The smallest absolute Gasteiger partial charge is 0.243 e. The molecule has 2 atom stereocenters. The molecule has 30 heavy (non-hydrogen) atoms. The molecule has 160 valence electrons. The number of amides is 2. The van der Waals surface area contributed by atoms with E-state index in [0.29, 0.717) is 6.42 Å². The van der Waals surface area contributed by atoms with Gasteiger partial charge in [-0.25, -0.2) is 8.42 Å². The summed E-state index contributed by atoms with van der Waals surface area (Å²) in [6, 6.07) is 14.0. The van der Waals surface area contributed by atoms with E-state index in [0.717, 1.165) is 21.1 Å². The average Bonchev–Trinajstić information content (AvgIpc) is 3.03. The van der Waals surface area contributed by atoms with Crippen LogP contribution in [0.15, 0.2) is 53.4 Å². The summed E-state index contributed by atoms with van der Waals surface area (Å²) in [6.45, 7) is 5.00. The van der Waals surface area contributed by atoms with E-state index in [1.165, 1.54) is 20.0 Å². The Morgan fingerprint density at radius 1 is 1.20 bits per heavy atom. The van der Waals surface area contributed by atoms with Crippen LogP contribution >= 0.6 is 0 Å². The predicted molar refractivity (Wildman–Crippen MR) is 116 cm³/mol. The molecule has 2 amide bonds. The molecule has 2 aromatic carbocycles. The zero-order valence-electron chi connectivity index (χ0n) is 17.6. The standard InChI is InChI=1S/C22H27N3O4S/c1-15-12-19-13-20(10-11-21(19)25(15)17(3)26)30(28,29)24(4)14-22(27)23-16(2)18-8-6-5-7-9-18/h5-11,13,15-16H,12,14H2,1-4H3,(H,23,27). The van der Waals surface area contributed by atoms with Crippen LogP contribution in [0.5, 0.6) is 0 Å². The molecule has 0 radical (unpaired) electrons. The number of nitrogens with zero attached hydrogens (tertiary/aromatic N) is 2. The number of carbonyl (C=O) groups is 2. The van der Waals surface area contributed by atoms with Gasteiger partial charge >= 0.3 is 0 Å². The maximum Gasteiger partial charge on any atom is 0.243 e. The molecule has 2 unspecified atom stereocenters. The van der Waals surface area contributed by atoms with Crippen LogP contribution in [0.3, 0.4) is 0 Å². The summed E-state index contributed by atoms with van der Waals surface area (Å²) in [4.78, 5) is 26.1. The molecule has 0 bridgehead atoms. The highest BCUT2D eigenvalue weighted by molar-refractivity contribution is 7.89. The fourth-order valence-corrected chi connectivity index (χ4v) is 5.01. The summed E-state index contributed by atoms with van der Waals surface area (Å²) >= 11 is 0. The van der Waals surface area contributed by atoms with Gasteiger partial charge < -0.3 is 10.2 Å². The summed E-state index contributed by atoms with van der Waals surface area (Å²) < 4.78 is 27.0. The Morgan fingerprint density at radius 2 is 1.87 bits per heavy atom. The lowest BCUT2D eigenvalue weighted by Crippen LogP contribution is -2.39. The van der Waals surface area contributed by atoms with E-state index in [1.54, 1.807) is 17.0 Å². The number of nitrogens with one attached hydrogen (secondary N) is 1. The first-order valence-corrected chi connectivity index (χ1v) is 11.3. The van der Waals surface area contributed by atoms with Crippen molar-refractivity contribution in [3.8, 4) is 0 Å². The summed E-state index contributed by atoms with van der Waals surface area (Å²) in [5, 5.41) is 2.83. The molecule has 8 heteroatoms. The lowest BCUT2D eigenvalue weighted by molar-refractivity contribution is -0.121. The molecule has 2 aromatic rings. The minimum absolute atomic E-state index is 0.0153. The molecule has 1 aliphatic rings. The van der Waals surface area contributed by atoms with Crippen LogP contribution in [0.25, 0.3) is 0 Å². The van der Waals surface area contributed by atoms with Gasteiger partial charge in [-0.3, -0.25) is 9.59 Å². The topological polar surface area (TPSA) is 86.8 Å². The number of fused-ring (bicyclic) bond motifs is 1. The van der Waals surface area contributed by atoms with Crippen molar-refractivity contribution < 1.29 is 18.0 Å². The first-order valence-electron chi connectivity index (χ1n) is 9.84. The second kappa shape index (κ2) is 8.57. The van der Waals surface area contributed by atoms with Crippen molar-refractivity contribution in [3.63, 3.8) is 0 Å². The highest BCUT2D eigenvalue weighted by Crippen LogP contribution is 2.34. The maximum absolute atomic E-state index is 13.0. The average molecular weight is 430 g/mol. The van der Waals surface area contributed by atoms with E-state index in [4.69, 9.17) is 0 Å². The maximum atomic E-state index is 13.0. The third-order valence-electron chi connectivity index (χ3n) is 5.36. The number of likely N-dealkylation sites (N-methyl/N-ethyl adjacent to an activating group) is 1. The summed E-state index contributed by atoms with van der Waals surface area (Å²) in [5.74, 6) is -0.451. The van der Waals surface area contributed by atoms with Gasteiger partial charge in [0.05, 0.1) is 17.5 Å². The Bertz CT molecular complexity index is 1050. The minimum atomic E-state index is -3.84. The molecular formula is C22H27N3O4S. The Balaban J connectivity index is 1.72. The second-order valence-corrected chi connectivity index (χ2v) is 9.74. The molecule has 7 nitrogen and oxygen atoms in total. The lowest BCUT2D eigenvalue weighted by atomic mass is 10.1. The molecule has 1 aliphatic heterocycles. The van der Waals surface area contributed by atoms with Gasteiger partial charge in [0.1, 0.15) is 0 Å². The fraction of sp³-hybridized carbons (Fsp3) is 0.364. The zero-order chi connectivity index (χ0) is 22.1. The van der Waals surface area contributed by atoms with Crippen molar-refractivity contribution >= 4 is 27.5 Å². The van der Waals surface area contributed by atoms with Gasteiger partial charge in [-0.05, 0) is 49.6 Å². The Labute approximate surface area is 177 Å². The van der Waals surface area contributed by atoms with Crippen molar-refractivity contribution in [2.45, 2.75) is 44.2 Å². The predicted octanol–water partition coefficient (Wildman–Crippen LogP) is 2.48. The number of carbonyl (C=O) groups excluding carboxylic acids is 2. The molecule has 3 rings (SSSR count). The van der Waals surface area contributed by atoms with Gasteiger partial charge in [-0.1, -0.05) is 30.3 Å². The third kappa shape index (κ3) is 4.39. The molecule has 0 aliphatic carbocycles. The van der Waals surface area contributed by atoms with E-state index in [2.05, 4.69) is 5.32 Å². The van der Waals surface area contributed by atoms with Crippen LogP contribution in [0.1, 0.15) is 37.9 Å². The van der Waals surface area contributed by atoms with Crippen LogP contribution in [-0.4, -0.2) is 44.2 Å². The summed E-state index contributed by atoms with van der Waals surface area (Å²) in [5.41, 5.74) is 2.50. The number of anilines is 1. The van der Waals surface area contributed by atoms with Crippen LogP contribution in [0.4, 0.5) is 5.69 Å². The largest absolute Gasteiger partial charge is 0.348 e. The number of hydrogen-bond donors (Lipinski definition) is 1. The van der Waals surface area contributed by atoms with Crippen LogP contribution in [0.2, 0.25) is 0 Å². The Hall–Kier alpha value is -2.71. The van der Waals surface area contributed by atoms with Crippen molar-refractivity contribution in [1.82, 2.24) is 9.62 Å². The van der Waals surface area contributed by atoms with Crippen molar-refractivity contribution in [1.29, 1.82) is 0 Å². The van der Waals surface area contributed by atoms with Gasteiger partial charge in [0, 0.05) is 25.7 Å². The number of hydrogen-bond acceptors (Lipinski definition) is 4. The van der Waals surface area contributed by atoms with E-state index < -0.39 is 10.0 Å². The summed E-state index contributed by atoms with van der Waals surface area (Å²) in [6.07, 6.45) is 0.594. The quantitative estimate of drug-likeness (QED) is 0.764. The monoisotopic (exact) mass is 429 g/mol.